The minimum absolute atomic E-state index is 0.0988. The van der Waals surface area contributed by atoms with Crippen LogP contribution in [-0.2, 0) is 17.5 Å². The number of nitrogens with two attached hydrogens (primary N) is 1. The van der Waals surface area contributed by atoms with Crippen LogP contribution in [0.5, 0.6) is 0 Å². The minimum atomic E-state index is -4.74. The first kappa shape index (κ1) is 14.0. The Labute approximate surface area is 101 Å². The van der Waals surface area contributed by atoms with E-state index in [2.05, 4.69) is 4.74 Å². The predicted octanol–water partition coefficient (Wildman–Crippen LogP) is 1.82. The molecule has 4 nitrogen and oxygen atoms in total. The maximum absolute atomic E-state index is 12.8. The van der Waals surface area contributed by atoms with E-state index in [1.807, 2.05) is 0 Å². The van der Waals surface area contributed by atoms with Crippen LogP contribution in [0.25, 0.3) is 0 Å². The molecule has 0 aliphatic heterocycles. The van der Waals surface area contributed by atoms with Crippen molar-refractivity contribution in [3.05, 3.63) is 34.4 Å². The monoisotopic (exact) mass is 258 g/mol. The van der Waals surface area contributed by atoms with E-state index in [0.717, 1.165) is 19.2 Å². The van der Waals surface area contributed by atoms with Crippen molar-refractivity contribution in [3.63, 3.8) is 0 Å². The van der Waals surface area contributed by atoms with E-state index >= 15 is 0 Å². The Bertz CT molecular complexity index is 518. The molecule has 0 bridgehead atoms. The van der Waals surface area contributed by atoms with Gasteiger partial charge in [-0.15, -0.1) is 0 Å². The maximum Gasteiger partial charge on any atom is 0.417 e. The van der Waals surface area contributed by atoms with Crippen LogP contribution < -0.4 is 5.73 Å². The average Bonchev–Trinajstić information content (AvgIpc) is 2.34. The first-order chi connectivity index (χ1) is 8.35. The molecule has 0 saturated heterocycles. The number of halogens is 3. The van der Waals surface area contributed by atoms with Gasteiger partial charge in [-0.1, -0.05) is 0 Å². The van der Waals surface area contributed by atoms with Crippen LogP contribution in [0.3, 0.4) is 0 Å². The molecular formula is C11H9F3N2O2. The summed E-state index contributed by atoms with van der Waals surface area (Å²) in [6, 6.07) is 3.26. The summed E-state index contributed by atoms with van der Waals surface area (Å²) in [5, 5.41) is 8.78. The van der Waals surface area contributed by atoms with Gasteiger partial charge >= 0.3 is 12.1 Å². The molecule has 0 saturated carbocycles. The Kier molecular flexibility index (Phi) is 3.93. The minimum Gasteiger partial charge on any atom is -0.465 e. The third-order valence-electron chi connectivity index (χ3n) is 2.26. The van der Waals surface area contributed by atoms with Crippen molar-refractivity contribution in [2.45, 2.75) is 12.7 Å². The number of hydrogen-bond donors (Lipinski definition) is 1. The number of nitrogens with zero attached hydrogens (tertiary/aromatic N) is 1. The molecule has 0 atom stereocenters. The van der Waals surface area contributed by atoms with Crippen LogP contribution in [0.15, 0.2) is 12.1 Å². The number of carbonyl (C=O) groups excluding carboxylic acids is 1. The van der Waals surface area contributed by atoms with Gasteiger partial charge in [0.15, 0.2) is 0 Å². The molecule has 1 aromatic carbocycles. The lowest BCUT2D eigenvalue weighted by Crippen LogP contribution is -2.15. The molecule has 2 N–H and O–H groups in total. The summed E-state index contributed by atoms with van der Waals surface area (Å²) in [5.74, 6) is -1.01. The molecule has 0 radical (unpaired) electrons. The number of esters is 1. The van der Waals surface area contributed by atoms with Gasteiger partial charge in [-0.25, -0.2) is 4.79 Å². The highest BCUT2D eigenvalue weighted by molar-refractivity contribution is 5.93. The molecule has 7 heteroatoms. The van der Waals surface area contributed by atoms with Crippen molar-refractivity contribution in [3.8, 4) is 6.07 Å². The Morgan fingerprint density at radius 2 is 2.11 bits per heavy atom. The number of carbonyl (C=O) groups is 1. The van der Waals surface area contributed by atoms with Gasteiger partial charge in [-0.2, -0.15) is 18.4 Å². The molecule has 0 aromatic heterocycles. The largest absolute Gasteiger partial charge is 0.465 e. The first-order valence-corrected chi connectivity index (χ1v) is 4.77. The lowest BCUT2D eigenvalue weighted by atomic mass is 9.98. The summed E-state index contributed by atoms with van der Waals surface area (Å²) in [7, 11) is 1.02. The van der Waals surface area contributed by atoms with Crippen molar-refractivity contribution >= 4 is 5.97 Å². The van der Waals surface area contributed by atoms with Gasteiger partial charge < -0.3 is 10.5 Å². The van der Waals surface area contributed by atoms with Crippen molar-refractivity contribution in [1.29, 1.82) is 5.26 Å². The number of ether oxygens (including phenoxy) is 1. The number of benzene rings is 1. The third kappa shape index (κ3) is 2.60. The zero-order chi connectivity index (χ0) is 13.9. The molecule has 0 heterocycles. The van der Waals surface area contributed by atoms with Gasteiger partial charge in [0.05, 0.1) is 23.8 Å². The van der Waals surface area contributed by atoms with Crippen LogP contribution in [-0.4, -0.2) is 13.1 Å². The number of nitriles is 1. The molecule has 0 amide bonds. The van der Waals surface area contributed by atoms with Crippen LogP contribution in [0.2, 0.25) is 0 Å². The first-order valence-electron chi connectivity index (χ1n) is 4.77. The zero-order valence-corrected chi connectivity index (χ0v) is 9.34. The topological polar surface area (TPSA) is 76.1 Å². The second kappa shape index (κ2) is 5.06. The zero-order valence-electron chi connectivity index (χ0n) is 9.34. The fourth-order valence-corrected chi connectivity index (χ4v) is 1.43. The second-order valence-corrected chi connectivity index (χ2v) is 3.37. The van der Waals surface area contributed by atoms with Gasteiger partial charge in [0.1, 0.15) is 6.07 Å². The maximum atomic E-state index is 12.8. The number of methoxy groups -OCH3 is 1. The SMILES string of the molecule is COC(=O)c1cc(CN)cc(C(F)(F)F)c1C#N. The summed E-state index contributed by atoms with van der Waals surface area (Å²) in [4.78, 5) is 11.4. The third-order valence-corrected chi connectivity index (χ3v) is 2.26. The van der Waals surface area contributed by atoms with E-state index in [4.69, 9.17) is 11.0 Å². The molecule has 0 aliphatic carbocycles. The number of hydrogen-bond acceptors (Lipinski definition) is 4. The fraction of sp³-hybridized carbons (Fsp3) is 0.273. The molecular weight excluding hydrogens is 249 g/mol. The summed E-state index contributed by atoms with van der Waals surface area (Å²) >= 11 is 0. The molecule has 96 valence electrons. The Morgan fingerprint density at radius 1 is 1.50 bits per heavy atom. The molecule has 0 unspecified atom stereocenters. The van der Waals surface area contributed by atoms with Gasteiger partial charge in [-0.3, -0.25) is 0 Å². The van der Waals surface area contributed by atoms with Crippen molar-refractivity contribution < 1.29 is 22.7 Å². The van der Waals surface area contributed by atoms with E-state index in [9.17, 15) is 18.0 Å². The van der Waals surface area contributed by atoms with Gasteiger partial charge in [0.25, 0.3) is 0 Å². The van der Waals surface area contributed by atoms with Crippen LogP contribution in [0.1, 0.15) is 27.0 Å². The van der Waals surface area contributed by atoms with Gasteiger partial charge in [-0.05, 0) is 17.7 Å². The fourth-order valence-electron chi connectivity index (χ4n) is 1.43. The lowest BCUT2D eigenvalue weighted by Gasteiger charge is -2.13. The van der Waals surface area contributed by atoms with Crippen molar-refractivity contribution in [2.75, 3.05) is 7.11 Å². The smallest absolute Gasteiger partial charge is 0.417 e. The highest BCUT2D eigenvalue weighted by atomic mass is 19.4. The van der Waals surface area contributed by atoms with Crippen LogP contribution >= 0.6 is 0 Å². The predicted molar refractivity (Wildman–Crippen MR) is 55.4 cm³/mol. The lowest BCUT2D eigenvalue weighted by molar-refractivity contribution is -0.137. The van der Waals surface area contributed by atoms with Crippen molar-refractivity contribution in [1.82, 2.24) is 0 Å². The molecule has 1 aromatic rings. The number of alkyl halides is 3. The van der Waals surface area contributed by atoms with Crippen LogP contribution in [0.4, 0.5) is 13.2 Å². The summed E-state index contributed by atoms with van der Waals surface area (Å²) < 4.78 is 42.6. The van der Waals surface area contributed by atoms with Gasteiger partial charge in [0.2, 0.25) is 0 Å². The Hall–Kier alpha value is -2.07. The molecule has 1 rings (SSSR count). The van der Waals surface area contributed by atoms with Crippen molar-refractivity contribution in [2.24, 2.45) is 5.73 Å². The Morgan fingerprint density at radius 3 is 2.50 bits per heavy atom. The molecule has 0 spiro atoms. The summed E-state index contributed by atoms with van der Waals surface area (Å²) in [6.45, 7) is -0.182. The molecule has 0 fully saturated rings. The Balaban J connectivity index is 3.62. The standard InChI is InChI=1S/C11H9F3N2O2/c1-18-10(17)7-2-6(4-15)3-9(8(7)5-16)11(12,13)14/h2-3H,4,15H2,1H3. The van der Waals surface area contributed by atoms with E-state index in [-0.39, 0.29) is 12.1 Å². The average molecular weight is 258 g/mol. The van der Waals surface area contributed by atoms with E-state index in [0.29, 0.717) is 0 Å². The number of rotatable bonds is 2. The van der Waals surface area contributed by atoms with Crippen LogP contribution in [0, 0.1) is 11.3 Å². The summed E-state index contributed by atoms with van der Waals surface area (Å²) in [6.07, 6.45) is -4.74. The molecule has 18 heavy (non-hydrogen) atoms. The quantitative estimate of drug-likeness (QED) is 0.821. The second-order valence-electron chi connectivity index (χ2n) is 3.37. The van der Waals surface area contributed by atoms with E-state index < -0.39 is 28.8 Å². The highest BCUT2D eigenvalue weighted by Gasteiger charge is 2.36. The molecule has 0 aliphatic rings. The normalized spacial score (nSPS) is 10.9. The highest BCUT2D eigenvalue weighted by Crippen LogP contribution is 2.34. The van der Waals surface area contributed by atoms with E-state index in [1.54, 1.807) is 0 Å². The van der Waals surface area contributed by atoms with E-state index in [1.165, 1.54) is 6.07 Å². The van der Waals surface area contributed by atoms with Gasteiger partial charge in [0, 0.05) is 6.54 Å². The summed E-state index contributed by atoms with van der Waals surface area (Å²) in [5.41, 5.74) is 2.98.